The van der Waals surface area contributed by atoms with Crippen molar-refractivity contribution < 1.29 is 0 Å². The zero-order chi connectivity index (χ0) is 13.8. The highest BCUT2D eigenvalue weighted by atomic mass is 35.5. The van der Waals surface area contributed by atoms with Crippen LogP contribution in [0.15, 0.2) is 24.3 Å². The first-order valence-electron chi connectivity index (χ1n) is 6.62. The van der Waals surface area contributed by atoms with Gasteiger partial charge in [0.05, 0.1) is 0 Å². The smallest absolute Gasteiger partial charge is 0.0413 e. The summed E-state index contributed by atoms with van der Waals surface area (Å²) in [6, 6.07) is 6.14. The predicted octanol–water partition coefficient (Wildman–Crippen LogP) is 3.81. The van der Waals surface area contributed by atoms with Crippen LogP contribution in [0.4, 0.5) is 5.69 Å². The van der Waals surface area contributed by atoms with Crippen molar-refractivity contribution in [3.8, 4) is 0 Å². The minimum atomic E-state index is 0.435. The average molecular weight is 297 g/mol. The van der Waals surface area contributed by atoms with E-state index in [0.717, 1.165) is 35.7 Å². The Morgan fingerprint density at radius 3 is 3.05 bits per heavy atom. The molecule has 4 heteroatoms. The molecule has 0 saturated heterocycles. The second-order valence-corrected chi connectivity index (χ2v) is 6.73. The van der Waals surface area contributed by atoms with Crippen molar-refractivity contribution in [2.24, 2.45) is 0 Å². The Balaban J connectivity index is 2.21. The third-order valence-electron chi connectivity index (χ3n) is 3.55. The summed E-state index contributed by atoms with van der Waals surface area (Å²) in [5.74, 6) is 0. The van der Waals surface area contributed by atoms with E-state index in [-0.39, 0.29) is 0 Å². The van der Waals surface area contributed by atoms with Crippen molar-refractivity contribution in [1.82, 2.24) is 5.32 Å². The molecule has 1 heterocycles. The SMILES string of the molecule is CSC(C)CC1C=C(c2cc(Cl)ccc2N)CCN1. The van der Waals surface area contributed by atoms with Gasteiger partial charge in [-0.15, -0.1) is 0 Å². The first-order chi connectivity index (χ1) is 9.10. The van der Waals surface area contributed by atoms with E-state index in [4.69, 9.17) is 17.3 Å². The molecule has 0 aliphatic carbocycles. The lowest BCUT2D eigenvalue weighted by molar-refractivity contribution is 0.547. The van der Waals surface area contributed by atoms with Gasteiger partial charge < -0.3 is 11.1 Å². The van der Waals surface area contributed by atoms with Gasteiger partial charge in [-0.2, -0.15) is 11.8 Å². The van der Waals surface area contributed by atoms with Crippen molar-refractivity contribution in [3.63, 3.8) is 0 Å². The quantitative estimate of drug-likeness (QED) is 0.830. The van der Waals surface area contributed by atoms with Crippen LogP contribution in [0.1, 0.15) is 25.3 Å². The van der Waals surface area contributed by atoms with E-state index < -0.39 is 0 Å². The van der Waals surface area contributed by atoms with Gasteiger partial charge in [-0.1, -0.05) is 24.6 Å². The lowest BCUT2D eigenvalue weighted by Gasteiger charge is -2.25. The molecule has 1 aromatic rings. The van der Waals surface area contributed by atoms with Crippen LogP contribution in [0, 0.1) is 0 Å². The monoisotopic (exact) mass is 296 g/mol. The van der Waals surface area contributed by atoms with Crippen molar-refractivity contribution in [1.29, 1.82) is 0 Å². The molecule has 0 bridgehead atoms. The van der Waals surface area contributed by atoms with E-state index in [2.05, 4.69) is 24.6 Å². The Morgan fingerprint density at radius 1 is 1.53 bits per heavy atom. The van der Waals surface area contributed by atoms with E-state index in [1.54, 1.807) is 0 Å². The fourth-order valence-corrected chi connectivity index (χ4v) is 2.99. The zero-order valence-corrected chi connectivity index (χ0v) is 13.0. The summed E-state index contributed by atoms with van der Waals surface area (Å²) in [6.45, 7) is 3.27. The maximum Gasteiger partial charge on any atom is 0.0413 e. The van der Waals surface area contributed by atoms with Crippen LogP contribution in [0.5, 0.6) is 0 Å². The Morgan fingerprint density at radius 2 is 2.32 bits per heavy atom. The number of thioether (sulfide) groups is 1. The van der Waals surface area contributed by atoms with Gasteiger partial charge >= 0.3 is 0 Å². The van der Waals surface area contributed by atoms with Crippen LogP contribution in [-0.2, 0) is 0 Å². The number of hydrogen-bond donors (Lipinski definition) is 2. The van der Waals surface area contributed by atoms with Gasteiger partial charge in [-0.3, -0.25) is 0 Å². The van der Waals surface area contributed by atoms with E-state index >= 15 is 0 Å². The van der Waals surface area contributed by atoms with E-state index in [1.165, 1.54) is 5.57 Å². The maximum absolute atomic E-state index is 6.08. The Bertz CT molecular complexity index is 473. The maximum atomic E-state index is 6.08. The molecule has 0 spiro atoms. The third kappa shape index (κ3) is 3.91. The summed E-state index contributed by atoms with van der Waals surface area (Å²) in [5.41, 5.74) is 9.29. The highest BCUT2D eigenvalue weighted by Crippen LogP contribution is 2.30. The summed E-state index contributed by atoms with van der Waals surface area (Å²) in [6.07, 6.45) is 6.63. The van der Waals surface area contributed by atoms with E-state index in [1.807, 2.05) is 30.0 Å². The lowest BCUT2D eigenvalue weighted by atomic mass is 9.94. The second-order valence-electron chi connectivity index (χ2n) is 5.02. The number of nitrogens with one attached hydrogen (secondary N) is 1. The minimum Gasteiger partial charge on any atom is -0.398 e. The van der Waals surface area contributed by atoms with Crippen LogP contribution >= 0.6 is 23.4 Å². The molecule has 19 heavy (non-hydrogen) atoms. The molecule has 1 aromatic carbocycles. The molecule has 0 aromatic heterocycles. The normalized spacial score (nSPS) is 21.0. The number of benzene rings is 1. The minimum absolute atomic E-state index is 0.435. The highest BCUT2D eigenvalue weighted by molar-refractivity contribution is 7.99. The lowest BCUT2D eigenvalue weighted by Crippen LogP contribution is -2.34. The number of halogens is 1. The van der Waals surface area contributed by atoms with Crippen molar-refractivity contribution in [2.45, 2.75) is 31.1 Å². The van der Waals surface area contributed by atoms with Gasteiger partial charge in [-0.05, 0) is 49.4 Å². The van der Waals surface area contributed by atoms with Crippen LogP contribution in [0.25, 0.3) is 5.57 Å². The Labute approximate surface area is 124 Å². The van der Waals surface area contributed by atoms with E-state index in [0.29, 0.717) is 11.3 Å². The molecule has 0 amide bonds. The molecule has 2 nitrogen and oxygen atoms in total. The summed E-state index contributed by atoms with van der Waals surface area (Å²) < 4.78 is 0. The summed E-state index contributed by atoms with van der Waals surface area (Å²) in [7, 11) is 0. The van der Waals surface area contributed by atoms with E-state index in [9.17, 15) is 0 Å². The van der Waals surface area contributed by atoms with Gasteiger partial charge in [0.15, 0.2) is 0 Å². The van der Waals surface area contributed by atoms with Crippen LogP contribution in [0.3, 0.4) is 0 Å². The molecule has 2 rings (SSSR count). The Hall–Kier alpha value is -0.640. The number of rotatable bonds is 4. The number of hydrogen-bond acceptors (Lipinski definition) is 3. The molecule has 104 valence electrons. The average Bonchev–Trinajstić information content (AvgIpc) is 2.41. The predicted molar refractivity (Wildman–Crippen MR) is 87.8 cm³/mol. The van der Waals surface area contributed by atoms with Crippen molar-refractivity contribution in [3.05, 3.63) is 34.9 Å². The van der Waals surface area contributed by atoms with Gasteiger partial charge in [0.25, 0.3) is 0 Å². The van der Waals surface area contributed by atoms with Gasteiger partial charge in [0.1, 0.15) is 0 Å². The molecule has 1 aliphatic rings. The molecule has 0 radical (unpaired) electrons. The molecule has 1 aliphatic heterocycles. The van der Waals surface area contributed by atoms with Gasteiger partial charge in [0.2, 0.25) is 0 Å². The van der Waals surface area contributed by atoms with Crippen molar-refractivity contribution in [2.75, 3.05) is 18.5 Å². The summed E-state index contributed by atoms with van der Waals surface area (Å²) >= 11 is 7.98. The largest absolute Gasteiger partial charge is 0.398 e. The summed E-state index contributed by atoms with van der Waals surface area (Å²) in [4.78, 5) is 0. The zero-order valence-electron chi connectivity index (χ0n) is 11.4. The molecule has 2 atom stereocenters. The topological polar surface area (TPSA) is 38.0 Å². The fraction of sp³-hybridized carbons (Fsp3) is 0.467. The van der Waals surface area contributed by atoms with Crippen molar-refractivity contribution >= 4 is 34.6 Å². The van der Waals surface area contributed by atoms with Crippen LogP contribution in [-0.4, -0.2) is 24.1 Å². The number of anilines is 1. The molecule has 2 unspecified atom stereocenters. The van der Waals surface area contributed by atoms with Gasteiger partial charge in [0, 0.05) is 27.6 Å². The van der Waals surface area contributed by atoms with Gasteiger partial charge in [-0.25, -0.2) is 0 Å². The fourth-order valence-electron chi connectivity index (χ4n) is 2.41. The van der Waals surface area contributed by atoms with Crippen LogP contribution in [0.2, 0.25) is 5.02 Å². The van der Waals surface area contributed by atoms with Crippen LogP contribution < -0.4 is 11.1 Å². The first kappa shape index (κ1) is 14.8. The third-order valence-corrected chi connectivity index (χ3v) is 4.79. The number of nitrogen functional groups attached to an aromatic ring is 1. The number of nitrogens with two attached hydrogens (primary N) is 1. The molecular weight excluding hydrogens is 276 g/mol. The standard InChI is InChI=1S/C15H21ClN2S/c1-10(19-2)7-13-8-11(5-6-18-13)14-9-12(16)3-4-15(14)17/h3-4,8-10,13,18H,5-7,17H2,1-2H3. The Kier molecular flexibility index (Phi) is 5.20. The highest BCUT2D eigenvalue weighted by Gasteiger charge is 2.17. The molecule has 3 N–H and O–H groups in total. The first-order valence-corrected chi connectivity index (χ1v) is 8.29. The second kappa shape index (κ2) is 6.69. The molecular formula is C15H21ClN2S. The molecule has 0 saturated carbocycles. The summed E-state index contributed by atoms with van der Waals surface area (Å²) in [5, 5.41) is 4.96. The molecule has 0 fully saturated rings.